The van der Waals surface area contributed by atoms with Crippen molar-refractivity contribution >= 4 is 74.7 Å². The molecule has 34 heavy (non-hydrogen) atoms. The fraction of sp³-hybridized carbons (Fsp3) is 0. The van der Waals surface area contributed by atoms with Gasteiger partial charge in [-0.3, -0.25) is 9.11 Å². The molecule has 6 aromatic carbocycles. The van der Waals surface area contributed by atoms with Crippen molar-refractivity contribution < 1.29 is 34.3 Å². The summed E-state index contributed by atoms with van der Waals surface area (Å²) in [5.41, 5.74) is 0. The average Bonchev–Trinajstić information content (AvgIpc) is 2.78. The fourth-order valence-electron chi connectivity index (χ4n) is 4.84. The highest BCUT2D eigenvalue weighted by Gasteiger charge is 2.24. The second-order valence-electron chi connectivity index (χ2n) is 7.84. The Morgan fingerprint density at radius 3 is 1.12 bits per heavy atom. The molecule has 0 radical (unpaired) electrons. The molecule has 2 N–H and O–H groups in total. The molecule has 0 aromatic heterocycles. The Hall–Kier alpha value is -3.70. The Balaban J connectivity index is 1.92. The van der Waals surface area contributed by atoms with Crippen molar-refractivity contribution in [2.45, 2.75) is 0 Å². The van der Waals surface area contributed by atoms with Crippen LogP contribution in [0.5, 0.6) is 11.5 Å². The Labute approximate surface area is 193 Å². The maximum absolute atomic E-state index is 11.7. The normalized spacial score (nSPS) is 12.9. The third-order valence-electron chi connectivity index (χ3n) is 5.95. The SMILES string of the molecule is O=S(=O)(O)Oc1c2ccccc2c2ccc3c(OS(=O)(=O)O)c4ccccc4c4ccc1c2c34. The summed E-state index contributed by atoms with van der Waals surface area (Å²) in [6.45, 7) is 0. The second kappa shape index (κ2) is 6.90. The van der Waals surface area contributed by atoms with E-state index in [9.17, 15) is 25.9 Å². The quantitative estimate of drug-likeness (QED) is 0.193. The molecule has 6 aromatic rings. The van der Waals surface area contributed by atoms with E-state index < -0.39 is 20.8 Å². The minimum absolute atomic E-state index is 0.0505. The van der Waals surface area contributed by atoms with Gasteiger partial charge in [0.05, 0.1) is 0 Å². The van der Waals surface area contributed by atoms with Crippen LogP contribution in [0.4, 0.5) is 0 Å². The molecule has 0 fully saturated rings. The van der Waals surface area contributed by atoms with Crippen LogP contribution in [-0.2, 0) is 20.8 Å². The zero-order valence-corrected chi connectivity index (χ0v) is 18.7. The Morgan fingerprint density at radius 1 is 0.441 bits per heavy atom. The summed E-state index contributed by atoms with van der Waals surface area (Å²) in [5, 5.41) is 5.82. The molecule has 0 aliphatic heterocycles. The van der Waals surface area contributed by atoms with E-state index in [1.807, 2.05) is 0 Å². The molecule has 170 valence electrons. The van der Waals surface area contributed by atoms with Crippen LogP contribution in [0.2, 0.25) is 0 Å². The van der Waals surface area contributed by atoms with Crippen LogP contribution in [0.3, 0.4) is 0 Å². The van der Waals surface area contributed by atoms with E-state index in [2.05, 4.69) is 0 Å². The predicted octanol–water partition coefficient (Wildman–Crippen LogP) is 5.25. The number of hydrogen-bond donors (Lipinski definition) is 2. The van der Waals surface area contributed by atoms with Crippen LogP contribution in [0.25, 0.3) is 53.9 Å². The zero-order chi connectivity index (χ0) is 23.8. The molecule has 0 saturated heterocycles. The van der Waals surface area contributed by atoms with Gasteiger partial charge in [-0.2, -0.15) is 16.8 Å². The summed E-state index contributed by atoms with van der Waals surface area (Å²) in [6, 6.07) is 20.9. The molecule has 0 saturated carbocycles. The number of fused-ring (bicyclic) bond motifs is 4. The monoisotopic (exact) mass is 494 g/mol. The van der Waals surface area contributed by atoms with Crippen LogP contribution < -0.4 is 8.37 Å². The molecule has 6 rings (SSSR count). The molecule has 0 amide bonds. The van der Waals surface area contributed by atoms with E-state index in [0.29, 0.717) is 43.1 Å². The van der Waals surface area contributed by atoms with Crippen molar-refractivity contribution in [3.63, 3.8) is 0 Å². The Bertz CT molecular complexity index is 1870. The summed E-state index contributed by atoms with van der Waals surface area (Å²) in [6.07, 6.45) is 0. The third-order valence-corrected chi connectivity index (χ3v) is 6.71. The number of hydrogen-bond acceptors (Lipinski definition) is 6. The molecule has 0 heterocycles. The lowest BCUT2D eigenvalue weighted by Crippen LogP contribution is -2.08. The molecule has 0 atom stereocenters. The molecule has 8 nitrogen and oxygen atoms in total. The van der Waals surface area contributed by atoms with Gasteiger partial charge >= 0.3 is 20.8 Å². The lowest BCUT2D eigenvalue weighted by atomic mass is 9.88. The van der Waals surface area contributed by atoms with Crippen LogP contribution >= 0.6 is 0 Å². The Morgan fingerprint density at radius 2 is 0.765 bits per heavy atom. The maximum Gasteiger partial charge on any atom is 0.446 e. The van der Waals surface area contributed by atoms with E-state index >= 15 is 0 Å². The van der Waals surface area contributed by atoms with Crippen molar-refractivity contribution in [2.24, 2.45) is 0 Å². The van der Waals surface area contributed by atoms with E-state index in [-0.39, 0.29) is 11.5 Å². The van der Waals surface area contributed by atoms with Gasteiger partial charge in [-0.1, -0.05) is 60.7 Å². The second-order valence-corrected chi connectivity index (χ2v) is 9.89. The first kappa shape index (κ1) is 20.9. The highest BCUT2D eigenvalue weighted by Crippen LogP contribution is 2.49. The smallest absolute Gasteiger partial charge is 0.360 e. The van der Waals surface area contributed by atoms with E-state index in [4.69, 9.17) is 8.37 Å². The molecule has 0 spiro atoms. The standard InChI is InChI=1S/C24H14O8S2/c25-33(26,27)31-23-17-7-3-1-5-13(17)15-9-11-20-22-16(10-12-19(23)21(15)22)14-6-2-4-8-18(14)24(20)32-34(28,29)30/h1-12H,(H,25,26,27)(H,28,29,30). The number of benzene rings is 6. The fourth-order valence-corrected chi connectivity index (χ4v) is 5.62. The third kappa shape index (κ3) is 3.11. The minimum atomic E-state index is -4.84. The van der Waals surface area contributed by atoms with Gasteiger partial charge in [0.1, 0.15) is 0 Å². The Kier molecular flexibility index (Phi) is 4.24. The van der Waals surface area contributed by atoms with Gasteiger partial charge in [0.15, 0.2) is 11.5 Å². The van der Waals surface area contributed by atoms with Crippen LogP contribution in [0.15, 0.2) is 72.8 Å². The topological polar surface area (TPSA) is 127 Å². The van der Waals surface area contributed by atoms with Gasteiger partial charge in [-0.05, 0) is 33.7 Å². The van der Waals surface area contributed by atoms with Gasteiger partial charge in [-0.15, -0.1) is 0 Å². The highest BCUT2D eigenvalue weighted by atomic mass is 32.3. The molecule has 0 aliphatic rings. The molecule has 10 heteroatoms. The van der Waals surface area contributed by atoms with Crippen LogP contribution in [-0.4, -0.2) is 25.9 Å². The highest BCUT2D eigenvalue weighted by molar-refractivity contribution is 7.81. The molecular weight excluding hydrogens is 480 g/mol. The van der Waals surface area contributed by atoms with Crippen molar-refractivity contribution in [2.75, 3.05) is 0 Å². The zero-order valence-electron chi connectivity index (χ0n) is 17.1. The van der Waals surface area contributed by atoms with E-state index in [0.717, 1.165) is 10.8 Å². The van der Waals surface area contributed by atoms with E-state index in [1.54, 1.807) is 72.8 Å². The molecule has 0 bridgehead atoms. The molecule has 0 aliphatic carbocycles. The first-order valence-corrected chi connectivity index (χ1v) is 12.7. The summed E-state index contributed by atoms with van der Waals surface area (Å²) >= 11 is 0. The van der Waals surface area contributed by atoms with Crippen LogP contribution in [0, 0.1) is 0 Å². The van der Waals surface area contributed by atoms with Crippen molar-refractivity contribution in [3.8, 4) is 11.5 Å². The van der Waals surface area contributed by atoms with Crippen molar-refractivity contribution in [1.29, 1.82) is 0 Å². The maximum atomic E-state index is 11.7. The minimum Gasteiger partial charge on any atom is -0.360 e. The van der Waals surface area contributed by atoms with Gasteiger partial charge in [0.2, 0.25) is 0 Å². The summed E-state index contributed by atoms with van der Waals surface area (Å²) in [4.78, 5) is 0. The van der Waals surface area contributed by atoms with Gasteiger partial charge in [0.25, 0.3) is 0 Å². The lowest BCUT2D eigenvalue weighted by molar-refractivity contribution is 0.387. The summed E-state index contributed by atoms with van der Waals surface area (Å²) in [5.74, 6) is -0.101. The van der Waals surface area contributed by atoms with Gasteiger partial charge in [-0.25, -0.2) is 0 Å². The molecule has 0 unspecified atom stereocenters. The summed E-state index contributed by atoms with van der Waals surface area (Å²) in [7, 11) is -9.68. The largest absolute Gasteiger partial charge is 0.446 e. The van der Waals surface area contributed by atoms with Crippen molar-refractivity contribution in [3.05, 3.63) is 72.8 Å². The number of rotatable bonds is 4. The van der Waals surface area contributed by atoms with Gasteiger partial charge in [0, 0.05) is 32.3 Å². The first-order valence-electron chi connectivity index (χ1n) is 10.00. The first-order chi connectivity index (χ1) is 16.1. The molecular formula is C24H14O8S2. The van der Waals surface area contributed by atoms with Crippen LogP contribution in [0.1, 0.15) is 0 Å². The lowest BCUT2D eigenvalue weighted by Gasteiger charge is -2.19. The predicted molar refractivity (Wildman–Crippen MR) is 130 cm³/mol. The van der Waals surface area contributed by atoms with E-state index in [1.165, 1.54) is 0 Å². The van der Waals surface area contributed by atoms with Crippen molar-refractivity contribution in [1.82, 2.24) is 0 Å². The van der Waals surface area contributed by atoms with Gasteiger partial charge < -0.3 is 8.37 Å². The average molecular weight is 495 g/mol. The summed E-state index contributed by atoms with van der Waals surface area (Å²) < 4.78 is 75.8.